The fourth-order valence-electron chi connectivity index (χ4n) is 4.28. The molecule has 2 aliphatic rings. The summed E-state index contributed by atoms with van der Waals surface area (Å²) < 4.78 is 20.7. The van der Waals surface area contributed by atoms with Crippen molar-refractivity contribution >= 4 is 11.6 Å². The zero-order valence-corrected chi connectivity index (χ0v) is 17.8. The second-order valence-corrected chi connectivity index (χ2v) is 8.48. The van der Waals surface area contributed by atoms with Gasteiger partial charge in [-0.3, -0.25) is 4.79 Å². The normalized spacial score (nSPS) is 16.7. The van der Waals surface area contributed by atoms with Crippen LogP contribution in [-0.4, -0.2) is 51.7 Å². The lowest BCUT2D eigenvalue weighted by Crippen LogP contribution is -2.49. The van der Waals surface area contributed by atoms with Gasteiger partial charge in [0, 0.05) is 43.5 Å². The van der Waals surface area contributed by atoms with Gasteiger partial charge in [0.25, 0.3) is 5.89 Å². The smallest absolute Gasteiger partial charge is 0.274 e. The summed E-state index contributed by atoms with van der Waals surface area (Å²) in [5, 5.41) is 4.13. The highest BCUT2D eigenvalue weighted by Crippen LogP contribution is 2.39. The van der Waals surface area contributed by atoms with Gasteiger partial charge in [0.1, 0.15) is 18.1 Å². The molecule has 1 saturated carbocycles. The van der Waals surface area contributed by atoms with E-state index in [0.29, 0.717) is 24.9 Å². The molecule has 1 saturated heterocycles. The molecule has 1 aromatic carbocycles. The average molecular weight is 423 g/mol. The van der Waals surface area contributed by atoms with E-state index in [9.17, 15) is 9.18 Å². The predicted molar refractivity (Wildman–Crippen MR) is 114 cm³/mol. The number of aromatic nitrogens is 3. The molecule has 2 fully saturated rings. The summed E-state index contributed by atoms with van der Waals surface area (Å²) in [6, 6.07) is 8.56. The Hall–Kier alpha value is -3.16. The van der Waals surface area contributed by atoms with Gasteiger partial charge in [-0.15, -0.1) is 0 Å². The highest BCUT2D eigenvalue weighted by Gasteiger charge is 2.30. The lowest BCUT2D eigenvalue weighted by Gasteiger charge is -2.36. The highest BCUT2D eigenvalue weighted by atomic mass is 19.1. The largest absolute Gasteiger partial charge is 0.368 e. The monoisotopic (exact) mass is 423 g/mol. The summed E-state index contributed by atoms with van der Waals surface area (Å²) in [4.78, 5) is 21.8. The van der Waals surface area contributed by atoms with Crippen LogP contribution in [0.2, 0.25) is 0 Å². The molecule has 5 rings (SSSR count). The Labute approximate surface area is 180 Å². The van der Waals surface area contributed by atoms with Gasteiger partial charge in [0.05, 0.1) is 0 Å². The molecule has 1 amide bonds. The molecule has 1 aliphatic carbocycles. The third-order valence-corrected chi connectivity index (χ3v) is 6.20. The zero-order chi connectivity index (χ0) is 21.5. The SMILES string of the molecule is Cc1cc(C)n(CC(=O)N2CCN(c3ccc(F)cc3)CC2)c1-c1nc(C2CC2)no1. The summed E-state index contributed by atoms with van der Waals surface area (Å²) in [7, 11) is 0. The lowest BCUT2D eigenvalue weighted by atomic mass is 10.2. The summed E-state index contributed by atoms with van der Waals surface area (Å²) in [6.07, 6.45) is 2.22. The molecule has 3 aromatic rings. The quantitative estimate of drug-likeness (QED) is 0.628. The number of anilines is 1. The Morgan fingerprint density at radius 3 is 2.52 bits per heavy atom. The van der Waals surface area contributed by atoms with Crippen LogP contribution in [-0.2, 0) is 11.3 Å². The van der Waals surface area contributed by atoms with Gasteiger partial charge in [0.2, 0.25) is 5.91 Å². The summed E-state index contributed by atoms with van der Waals surface area (Å²) in [5.41, 5.74) is 3.83. The van der Waals surface area contributed by atoms with E-state index in [4.69, 9.17) is 4.52 Å². The van der Waals surface area contributed by atoms with E-state index in [1.807, 2.05) is 23.3 Å². The molecule has 0 bridgehead atoms. The molecule has 2 aromatic heterocycles. The van der Waals surface area contributed by atoms with Crippen LogP contribution in [0.3, 0.4) is 0 Å². The zero-order valence-electron chi connectivity index (χ0n) is 17.8. The first-order valence-corrected chi connectivity index (χ1v) is 10.8. The van der Waals surface area contributed by atoms with Gasteiger partial charge < -0.3 is 18.9 Å². The number of rotatable bonds is 5. The number of hydrogen-bond acceptors (Lipinski definition) is 5. The lowest BCUT2D eigenvalue weighted by molar-refractivity contribution is -0.132. The number of hydrogen-bond donors (Lipinski definition) is 0. The number of aryl methyl sites for hydroxylation is 2. The van der Waals surface area contributed by atoms with Crippen LogP contribution < -0.4 is 4.90 Å². The Bertz CT molecular complexity index is 1090. The Morgan fingerprint density at radius 1 is 1.13 bits per heavy atom. The molecule has 8 heteroatoms. The van der Waals surface area contributed by atoms with Gasteiger partial charge in [-0.2, -0.15) is 4.98 Å². The van der Waals surface area contributed by atoms with Crippen LogP contribution in [0, 0.1) is 19.7 Å². The van der Waals surface area contributed by atoms with Crippen LogP contribution in [0.15, 0.2) is 34.9 Å². The molecule has 7 nitrogen and oxygen atoms in total. The number of amides is 1. The number of carbonyl (C=O) groups is 1. The van der Waals surface area contributed by atoms with Crippen molar-refractivity contribution in [2.45, 2.75) is 39.2 Å². The highest BCUT2D eigenvalue weighted by molar-refractivity contribution is 5.77. The van der Waals surface area contributed by atoms with E-state index in [2.05, 4.69) is 21.1 Å². The minimum absolute atomic E-state index is 0.0700. The van der Waals surface area contributed by atoms with Crippen LogP contribution in [0.1, 0.15) is 35.8 Å². The standard InChI is InChI=1S/C23H26FN5O2/c1-15-13-16(2)29(21(15)23-25-22(26-31-23)17-3-4-17)14-20(30)28-11-9-27(10-12-28)19-7-5-18(24)6-8-19/h5-8,13,17H,3-4,9-12,14H2,1-2H3. The van der Waals surface area contributed by atoms with E-state index in [0.717, 1.165) is 54.4 Å². The molecular weight excluding hydrogens is 397 g/mol. The molecule has 31 heavy (non-hydrogen) atoms. The molecule has 162 valence electrons. The average Bonchev–Trinajstić information content (AvgIpc) is 3.44. The minimum Gasteiger partial charge on any atom is -0.368 e. The van der Waals surface area contributed by atoms with Crippen LogP contribution in [0.5, 0.6) is 0 Å². The van der Waals surface area contributed by atoms with Crippen LogP contribution in [0.4, 0.5) is 10.1 Å². The Morgan fingerprint density at radius 2 is 1.84 bits per heavy atom. The number of carbonyl (C=O) groups excluding carboxylic acids is 1. The van der Waals surface area contributed by atoms with Gasteiger partial charge in [-0.25, -0.2) is 4.39 Å². The van der Waals surface area contributed by atoms with Crippen LogP contribution in [0.25, 0.3) is 11.6 Å². The first kappa shape index (κ1) is 19.8. The first-order chi connectivity index (χ1) is 15.0. The topological polar surface area (TPSA) is 67.4 Å². The Balaban J connectivity index is 1.28. The number of benzene rings is 1. The van der Waals surface area contributed by atoms with Gasteiger partial charge >= 0.3 is 0 Å². The summed E-state index contributed by atoms with van der Waals surface area (Å²) in [6.45, 7) is 6.96. The van der Waals surface area contributed by atoms with Crippen molar-refractivity contribution in [1.82, 2.24) is 19.6 Å². The molecule has 0 atom stereocenters. The maximum Gasteiger partial charge on any atom is 0.274 e. The van der Waals surface area contributed by atoms with Crippen molar-refractivity contribution in [2.75, 3.05) is 31.1 Å². The molecule has 0 spiro atoms. The van der Waals surface area contributed by atoms with Gasteiger partial charge in [0.15, 0.2) is 5.82 Å². The van der Waals surface area contributed by atoms with Crippen molar-refractivity contribution in [3.8, 4) is 11.6 Å². The van der Waals surface area contributed by atoms with Crippen molar-refractivity contribution in [3.63, 3.8) is 0 Å². The van der Waals surface area contributed by atoms with E-state index in [1.165, 1.54) is 12.1 Å². The molecule has 0 N–H and O–H groups in total. The first-order valence-electron chi connectivity index (χ1n) is 10.8. The molecule has 3 heterocycles. The fourth-order valence-corrected chi connectivity index (χ4v) is 4.28. The molecule has 1 aliphatic heterocycles. The predicted octanol–water partition coefficient (Wildman–Crippen LogP) is 3.52. The molecule has 0 radical (unpaired) electrons. The van der Waals surface area contributed by atoms with Gasteiger partial charge in [-0.05, 0) is 62.6 Å². The van der Waals surface area contributed by atoms with Gasteiger partial charge in [-0.1, -0.05) is 5.16 Å². The van der Waals surface area contributed by atoms with Crippen molar-refractivity contribution < 1.29 is 13.7 Å². The Kier molecular flexibility index (Phi) is 5.00. The van der Waals surface area contributed by atoms with Crippen molar-refractivity contribution in [3.05, 3.63) is 53.2 Å². The van der Waals surface area contributed by atoms with E-state index in [-0.39, 0.29) is 18.3 Å². The van der Waals surface area contributed by atoms with E-state index >= 15 is 0 Å². The van der Waals surface area contributed by atoms with E-state index < -0.39 is 0 Å². The van der Waals surface area contributed by atoms with Crippen molar-refractivity contribution in [1.29, 1.82) is 0 Å². The van der Waals surface area contributed by atoms with E-state index in [1.54, 1.807) is 12.1 Å². The molecular formula is C23H26FN5O2. The summed E-state index contributed by atoms with van der Waals surface area (Å²) in [5.74, 6) is 1.50. The number of nitrogens with zero attached hydrogens (tertiary/aromatic N) is 5. The fraction of sp³-hybridized carbons (Fsp3) is 0.435. The number of halogens is 1. The third kappa shape index (κ3) is 3.94. The third-order valence-electron chi connectivity index (χ3n) is 6.20. The molecule has 0 unspecified atom stereocenters. The second kappa shape index (κ2) is 7.83. The summed E-state index contributed by atoms with van der Waals surface area (Å²) >= 11 is 0. The maximum atomic E-state index is 13.2. The van der Waals surface area contributed by atoms with Crippen LogP contribution >= 0.6 is 0 Å². The van der Waals surface area contributed by atoms with Crippen molar-refractivity contribution in [2.24, 2.45) is 0 Å². The minimum atomic E-state index is -0.240. The maximum absolute atomic E-state index is 13.2. The number of piperazine rings is 1. The second-order valence-electron chi connectivity index (χ2n) is 8.48.